The van der Waals surface area contributed by atoms with E-state index >= 15 is 0 Å². The van der Waals surface area contributed by atoms with E-state index in [1.165, 1.54) is 21.5 Å². The third kappa shape index (κ3) is 3.20. The number of rotatable bonds is 6. The Morgan fingerprint density at radius 2 is 1.83 bits per heavy atom. The molecule has 3 aromatic rings. The van der Waals surface area contributed by atoms with E-state index in [1.54, 1.807) is 11.7 Å². The van der Waals surface area contributed by atoms with Gasteiger partial charge in [-0.2, -0.15) is 0 Å². The average Bonchev–Trinajstić information content (AvgIpc) is 3.06. The van der Waals surface area contributed by atoms with Gasteiger partial charge in [-0.15, -0.1) is 11.3 Å². The minimum atomic E-state index is -0.262. The first-order valence-electron chi connectivity index (χ1n) is 7.87. The summed E-state index contributed by atoms with van der Waals surface area (Å²) in [6.45, 7) is 3.37. The fourth-order valence-electron chi connectivity index (χ4n) is 2.73. The van der Waals surface area contributed by atoms with Crippen LogP contribution in [0.25, 0.3) is 10.2 Å². The Labute approximate surface area is 143 Å². The standard InChI is InChI=1S/C18H20N2O3S/c1-13-4-6-14(7-5-13)12-20-15-8-11-24-16(15)17(21)19(18(20)22)9-3-10-23-2/h4-8,11H,3,9-10,12H2,1-2H3. The van der Waals surface area contributed by atoms with Crippen molar-refractivity contribution in [3.63, 3.8) is 0 Å². The molecule has 0 spiro atoms. The van der Waals surface area contributed by atoms with Crippen molar-refractivity contribution in [2.45, 2.75) is 26.4 Å². The zero-order valence-corrected chi connectivity index (χ0v) is 14.6. The highest BCUT2D eigenvalue weighted by Gasteiger charge is 2.14. The Hall–Kier alpha value is -2.18. The maximum absolute atomic E-state index is 12.9. The lowest BCUT2D eigenvalue weighted by molar-refractivity contribution is 0.189. The highest BCUT2D eigenvalue weighted by atomic mass is 32.1. The van der Waals surface area contributed by atoms with Gasteiger partial charge in [0, 0.05) is 20.3 Å². The van der Waals surface area contributed by atoms with Gasteiger partial charge in [0.25, 0.3) is 5.56 Å². The maximum atomic E-state index is 12.9. The van der Waals surface area contributed by atoms with Crippen LogP contribution in [0.4, 0.5) is 0 Å². The average molecular weight is 344 g/mol. The summed E-state index contributed by atoms with van der Waals surface area (Å²) in [5.41, 5.74) is 2.45. The van der Waals surface area contributed by atoms with Gasteiger partial charge in [-0.05, 0) is 30.4 Å². The number of aryl methyl sites for hydroxylation is 1. The molecule has 0 bridgehead atoms. The lowest BCUT2D eigenvalue weighted by Crippen LogP contribution is -2.40. The van der Waals surface area contributed by atoms with Crippen LogP contribution in [0, 0.1) is 6.92 Å². The minimum Gasteiger partial charge on any atom is -0.385 e. The summed E-state index contributed by atoms with van der Waals surface area (Å²) < 4.78 is 8.67. The van der Waals surface area contributed by atoms with Crippen LogP contribution in [0.5, 0.6) is 0 Å². The van der Waals surface area contributed by atoms with E-state index in [0.717, 1.165) is 5.56 Å². The summed E-state index contributed by atoms with van der Waals surface area (Å²) in [5, 5.41) is 1.86. The molecule has 0 aliphatic heterocycles. The molecular formula is C18H20N2O3S. The SMILES string of the molecule is COCCCn1c(=O)c2sccc2n(Cc2ccc(C)cc2)c1=O. The van der Waals surface area contributed by atoms with E-state index in [1.807, 2.05) is 42.6 Å². The van der Waals surface area contributed by atoms with Crippen LogP contribution in [0.15, 0.2) is 45.3 Å². The topological polar surface area (TPSA) is 53.2 Å². The predicted molar refractivity (Wildman–Crippen MR) is 97.1 cm³/mol. The molecule has 2 aromatic heterocycles. The van der Waals surface area contributed by atoms with E-state index in [2.05, 4.69) is 0 Å². The van der Waals surface area contributed by atoms with Crippen molar-refractivity contribution >= 4 is 21.6 Å². The molecule has 3 rings (SSSR count). The molecule has 126 valence electrons. The van der Waals surface area contributed by atoms with Crippen molar-refractivity contribution in [1.29, 1.82) is 0 Å². The van der Waals surface area contributed by atoms with Crippen LogP contribution in [-0.4, -0.2) is 22.9 Å². The zero-order valence-electron chi connectivity index (χ0n) is 13.8. The summed E-state index contributed by atoms with van der Waals surface area (Å²) in [5.74, 6) is 0. The molecule has 2 heterocycles. The van der Waals surface area contributed by atoms with Crippen molar-refractivity contribution in [2.75, 3.05) is 13.7 Å². The lowest BCUT2D eigenvalue weighted by atomic mass is 10.1. The van der Waals surface area contributed by atoms with Crippen LogP contribution in [0.3, 0.4) is 0 Å². The number of nitrogens with zero attached hydrogens (tertiary/aromatic N) is 2. The first kappa shape index (κ1) is 16.7. The molecule has 0 fully saturated rings. The third-order valence-corrected chi connectivity index (χ3v) is 4.92. The Morgan fingerprint density at radius 3 is 2.54 bits per heavy atom. The smallest absolute Gasteiger partial charge is 0.331 e. The van der Waals surface area contributed by atoms with E-state index in [4.69, 9.17) is 4.74 Å². The van der Waals surface area contributed by atoms with Gasteiger partial charge in [-0.1, -0.05) is 29.8 Å². The fraction of sp³-hybridized carbons (Fsp3) is 0.333. The number of methoxy groups -OCH3 is 1. The van der Waals surface area contributed by atoms with E-state index in [-0.39, 0.29) is 11.2 Å². The molecule has 0 aliphatic carbocycles. The molecule has 5 nitrogen and oxygen atoms in total. The van der Waals surface area contributed by atoms with Gasteiger partial charge in [-0.3, -0.25) is 13.9 Å². The number of hydrogen-bond donors (Lipinski definition) is 0. The minimum absolute atomic E-state index is 0.207. The largest absolute Gasteiger partial charge is 0.385 e. The van der Waals surface area contributed by atoms with Crippen molar-refractivity contribution in [3.8, 4) is 0 Å². The van der Waals surface area contributed by atoms with Crippen LogP contribution in [-0.2, 0) is 17.8 Å². The number of aromatic nitrogens is 2. The summed E-state index contributed by atoms with van der Waals surface area (Å²) in [4.78, 5) is 25.4. The van der Waals surface area contributed by atoms with Gasteiger partial charge in [0.05, 0.1) is 12.1 Å². The van der Waals surface area contributed by atoms with Gasteiger partial charge >= 0.3 is 5.69 Å². The summed E-state index contributed by atoms with van der Waals surface area (Å²) in [7, 11) is 1.61. The third-order valence-electron chi connectivity index (χ3n) is 4.03. The van der Waals surface area contributed by atoms with Gasteiger partial charge < -0.3 is 4.74 Å². The summed E-state index contributed by atoms with van der Waals surface area (Å²) >= 11 is 1.38. The lowest BCUT2D eigenvalue weighted by Gasteiger charge is -2.12. The molecule has 0 aliphatic rings. The fourth-order valence-corrected chi connectivity index (χ4v) is 3.57. The Balaban J connectivity index is 2.08. The highest BCUT2D eigenvalue weighted by Crippen LogP contribution is 2.16. The highest BCUT2D eigenvalue weighted by molar-refractivity contribution is 7.17. The summed E-state index contributed by atoms with van der Waals surface area (Å²) in [6.07, 6.45) is 0.632. The monoisotopic (exact) mass is 344 g/mol. The quantitative estimate of drug-likeness (QED) is 0.646. The molecule has 0 saturated carbocycles. The molecule has 0 amide bonds. The van der Waals surface area contributed by atoms with Crippen molar-refractivity contribution < 1.29 is 4.74 Å². The molecule has 0 unspecified atom stereocenters. The molecule has 6 heteroatoms. The normalized spacial score (nSPS) is 11.2. The number of benzene rings is 1. The summed E-state index contributed by atoms with van der Waals surface area (Å²) in [6, 6.07) is 9.93. The molecular weight excluding hydrogens is 324 g/mol. The van der Waals surface area contributed by atoms with Crippen LogP contribution >= 0.6 is 11.3 Å². The molecule has 24 heavy (non-hydrogen) atoms. The molecule has 0 N–H and O–H groups in total. The second-order valence-electron chi connectivity index (χ2n) is 5.79. The Morgan fingerprint density at radius 1 is 1.08 bits per heavy atom. The van der Waals surface area contributed by atoms with Gasteiger partial charge in [0.2, 0.25) is 0 Å². The van der Waals surface area contributed by atoms with Crippen LogP contribution < -0.4 is 11.2 Å². The first-order valence-corrected chi connectivity index (χ1v) is 8.75. The predicted octanol–water partition coefficient (Wildman–Crippen LogP) is 2.62. The molecule has 0 atom stereocenters. The van der Waals surface area contributed by atoms with Crippen molar-refractivity contribution in [2.24, 2.45) is 0 Å². The maximum Gasteiger partial charge on any atom is 0.331 e. The van der Waals surface area contributed by atoms with Gasteiger partial charge in [-0.25, -0.2) is 4.79 Å². The van der Waals surface area contributed by atoms with Crippen molar-refractivity contribution in [1.82, 2.24) is 9.13 Å². The van der Waals surface area contributed by atoms with E-state index < -0.39 is 0 Å². The Kier molecular flexibility index (Phi) is 4.97. The Bertz CT molecular complexity index is 951. The van der Waals surface area contributed by atoms with Crippen molar-refractivity contribution in [3.05, 3.63) is 67.7 Å². The number of hydrogen-bond acceptors (Lipinski definition) is 4. The molecule has 0 saturated heterocycles. The van der Waals surface area contributed by atoms with Gasteiger partial charge in [0.15, 0.2) is 0 Å². The second kappa shape index (κ2) is 7.15. The van der Waals surface area contributed by atoms with Gasteiger partial charge in [0.1, 0.15) is 4.70 Å². The molecule has 0 radical (unpaired) electrons. The van der Waals surface area contributed by atoms with E-state index in [0.29, 0.717) is 36.3 Å². The molecule has 1 aromatic carbocycles. The van der Waals surface area contributed by atoms with Crippen LogP contribution in [0.2, 0.25) is 0 Å². The number of ether oxygens (including phenoxy) is 1. The number of thiophene rings is 1. The van der Waals surface area contributed by atoms with Crippen LogP contribution in [0.1, 0.15) is 17.5 Å². The zero-order chi connectivity index (χ0) is 17.1. The number of fused-ring (bicyclic) bond motifs is 1. The first-order chi connectivity index (χ1) is 11.6. The van der Waals surface area contributed by atoms with E-state index in [9.17, 15) is 9.59 Å². The second-order valence-corrected chi connectivity index (χ2v) is 6.71.